The van der Waals surface area contributed by atoms with Crippen LogP contribution in [-0.4, -0.2) is 16.1 Å². The standard InChI is InChI=1S/C15H8ClN3O2S2/c16-11-8-4-1-2-5-9(8)23-12(11)13(20)17-15-19-18-14(21-15)10-6-3-7-22-10/h1-7H,(H,17,19,20). The van der Waals surface area contributed by atoms with Crippen LogP contribution in [0.15, 0.2) is 46.2 Å². The fourth-order valence-corrected chi connectivity index (χ4v) is 4.14. The molecule has 0 aliphatic heterocycles. The lowest BCUT2D eigenvalue weighted by Crippen LogP contribution is -2.10. The molecule has 1 aromatic carbocycles. The molecule has 4 rings (SSSR count). The molecule has 1 amide bonds. The average Bonchev–Trinajstić information content (AvgIpc) is 3.27. The monoisotopic (exact) mass is 361 g/mol. The highest BCUT2D eigenvalue weighted by atomic mass is 35.5. The third kappa shape index (κ3) is 2.63. The number of aromatic nitrogens is 2. The fraction of sp³-hybridized carbons (Fsp3) is 0. The van der Waals surface area contributed by atoms with E-state index in [0.29, 0.717) is 15.8 Å². The molecule has 3 heterocycles. The van der Waals surface area contributed by atoms with Gasteiger partial charge in [-0.05, 0) is 17.5 Å². The summed E-state index contributed by atoms with van der Waals surface area (Å²) >= 11 is 9.10. The maximum absolute atomic E-state index is 12.4. The zero-order valence-corrected chi connectivity index (χ0v) is 13.8. The summed E-state index contributed by atoms with van der Waals surface area (Å²) in [6.07, 6.45) is 0. The van der Waals surface area contributed by atoms with Crippen LogP contribution in [0.2, 0.25) is 5.02 Å². The molecule has 23 heavy (non-hydrogen) atoms. The summed E-state index contributed by atoms with van der Waals surface area (Å²) in [6.45, 7) is 0. The third-order valence-corrected chi connectivity index (χ3v) is 5.65. The average molecular weight is 362 g/mol. The Balaban J connectivity index is 1.61. The van der Waals surface area contributed by atoms with Crippen LogP contribution in [0.5, 0.6) is 0 Å². The van der Waals surface area contributed by atoms with E-state index in [1.54, 1.807) is 0 Å². The summed E-state index contributed by atoms with van der Waals surface area (Å²) in [6, 6.07) is 11.4. The Labute approximate surface area is 143 Å². The normalized spacial score (nSPS) is 11.0. The van der Waals surface area contributed by atoms with Crippen molar-refractivity contribution in [2.24, 2.45) is 0 Å². The SMILES string of the molecule is O=C(Nc1nnc(-c2cccs2)o1)c1sc2ccccc2c1Cl. The Morgan fingerprint density at radius 3 is 2.83 bits per heavy atom. The second kappa shape index (κ2) is 5.77. The molecular weight excluding hydrogens is 354 g/mol. The van der Waals surface area contributed by atoms with Gasteiger partial charge in [0.15, 0.2) is 0 Å². The number of hydrogen-bond donors (Lipinski definition) is 1. The number of fused-ring (bicyclic) bond motifs is 1. The minimum absolute atomic E-state index is 0.0481. The van der Waals surface area contributed by atoms with Gasteiger partial charge in [-0.2, -0.15) is 0 Å². The minimum Gasteiger partial charge on any atom is -0.402 e. The van der Waals surface area contributed by atoms with E-state index in [1.165, 1.54) is 22.7 Å². The Bertz CT molecular complexity index is 991. The predicted octanol–water partition coefficient (Wildman–Crippen LogP) is 4.92. The minimum atomic E-state index is -0.363. The van der Waals surface area contributed by atoms with Crippen LogP contribution in [0.3, 0.4) is 0 Å². The highest BCUT2D eigenvalue weighted by molar-refractivity contribution is 7.21. The number of nitrogens with zero attached hydrogens (tertiary/aromatic N) is 2. The van der Waals surface area contributed by atoms with Gasteiger partial charge in [0, 0.05) is 10.1 Å². The molecule has 0 aliphatic carbocycles. The number of carbonyl (C=O) groups is 1. The van der Waals surface area contributed by atoms with Crippen molar-refractivity contribution in [2.75, 3.05) is 5.32 Å². The summed E-state index contributed by atoms with van der Waals surface area (Å²) in [5.74, 6) is 0.00955. The maximum atomic E-state index is 12.4. The first-order valence-electron chi connectivity index (χ1n) is 6.58. The van der Waals surface area contributed by atoms with Crippen LogP contribution in [-0.2, 0) is 0 Å². The van der Waals surface area contributed by atoms with Gasteiger partial charge < -0.3 is 4.42 Å². The number of nitrogens with one attached hydrogen (secondary N) is 1. The van der Waals surface area contributed by atoms with Gasteiger partial charge in [-0.15, -0.1) is 27.8 Å². The summed E-state index contributed by atoms with van der Waals surface area (Å²) in [4.78, 5) is 13.7. The lowest BCUT2D eigenvalue weighted by atomic mass is 10.2. The zero-order valence-electron chi connectivity index (χ0n) is 11.4. The smallest absolute Gasteiger partial charge is 0.322 e. The molecule has 0 unspecified atom stereocenters. The van der Waals surface area contributed by atoms with Gasteiger partial charge in [0.2, 0.25) is 0 Å². The zero-order chi connectivity index (χ0) is 15.8. The molecule has 0 fully saturated rings. The molecular formula is C15H8ClN3O2S2. The maximum Gasteiger partial charge on any atom is 0.322 e. The molecule has 5 nitrogen and oxygen atoms in total. The molecule has 0 saturated carbocycles. The van der Waals surface area contributed by atoms with E-state index < -0.39 is 0 Å². The number of halogens is 1. The van der Waals surface area contributed by atoms with Gasteiger partial charge in [0.05, 0.1) is 9.90 Å². The van der Waals surface area contributed by atoms with Crippen molar-refractivity contribution in [1.29, 1.82) is 0 Å². The number of carbonyl (C=O) groups excluding carboxylic acids is 1. The number of rotatable bonds is 3. The molecule has 0 bridgehead atoms. The Hall–Kier alpha value is -2.22. The van der Waals surface area contributed by atoms with Crippen molar-refractivity contribution in [1.82, 2.24) is 10.2 Å². The largest absolute Gasteiger partial charge is 0.402 e. The number of benzene rings is 1. The van der Waals surface area contributed by atoms with Crippen molar-refractivity contribution >= 4 is 56.3 Å². The summed E-state index contributed by atoms with van der Waals surface area (Å²) < 4.78 is 6.40. The second-order valence-electron chi connectivity index (χ2n) is 4.59. The summed E-state index contributed by atoms with van der Waals surface area (Å²) in [7, 11) is 0. The number of amides is 1. The Kier molecular flexibility index (Phi) is 3.60. The van der Waals surface area contributed by atoms with Crippen LogP contribution in [0.4, 0.5) is 6.01 Å². The lowest BCUT2D eigenvalue weighted by molar-refractivity contribution is 0.102. The predicted molar refractivity (Wildman–Crippen MR) is 92.4 cm³/mol. The van der Waals surface area contributed by atoms with Crippen molar-refractivity contribution in [3.8, 4) is 10.8 Å². The van der Waals surface area contributed by atoms with Gasteiger partial charge in [-0.3, -0.25) is 10.1 Å². The fourth-order valence-electron chi connectivity index (χ4n) is 2.09. The van der Waals surface area contributed by atoms with Crippen molar-refractivity contribution < 1.29 is 9.21 Å². The number of hydrogen-bond acceptors (Lipinski definition) is 6. The Morgan fingerprint density at radius 2 is 2.04 bits per heavy atom. The third-order valence-electron chi connectivity index (χ3n) is 3.12. The van der Waals surface area contributed by atoms with E-state index in [1.807, 2.05) is 41.8 Å². The quantitative estimate of drug-likeness (QED) is 0.562. The Morgan fingerprint density at radius 1 is 1.17 bits per heavy atom. The number of anilines is 1. The topological polar surface area (TPSA) is 68.0 Å². The second-order valence-corrected chi connectivity index (χ2v) is 6.96. The van der Waals surface area contributed by atoms with Gasteiger partial charge in [0.25, 0.3) is 11.8 Å². The molecule has 1 N–H and O–H groups in total. The number of thiophene rings is 2. The highest BCUT2D eigenvalue weighted by Crippen LogP contribution is 2.35. The first kappa shape index (κ1) is 14.4. The van der Waals surface area contributed by atoms with E-state index in [9.17, 15) is 4.79 Å². The molecule has 0 aliphatic rings. The molecule has 0 spiro atoms. The van der Waals surface area contributed by atoms with Gasteiger partial charge >= 0.3 is 6.01 Å². The van der Waals surface area contributed by atoms with E-state index in [0.717, 1.165) is 15.0 Å². The van der Waals surface area contributed by atoms with Crippen LogP contribution in [0.1, 0.15) is 9.67 Å². The van der Waals surface area contributed by atoms with Crippen LogP contribution in [0.25, 0.3) is 20.9 Å². The molecule has 8 heteroatoms. The first-order chi connectivity index (χ1) is 11.2. The van der Waals surface area contributed by atoms with Crippen LogP contribution in [0, 0.1) is 0 Å². The summed E-state index contributed by atoms with van der Waals surface area (Å²) in [5, 5.41) is 13.6. The molecule has 4 aromatic rings. The molecule has 114 valence electrons. The van der Waals surface area contributed by atoms with E-state index in [4.69, 9.17) is 16.0 Å². The van der Waals surface area contributed by atoms with Crippen molar-refractivity contribution in [2.45, 2.75) is 0 Å². The summed E-state index contributed by atoms with van der Waals surface area (Å²) in [5.41, 5.74) is 0. The molecule has 3 aromatic heterocycles. The van der Waals surface area contributed by atoms with Crippen molar-refractivity contribution in [3.63, 3.8) is 0 Å². The van der Waals surface area contributed by atoms with Crippen LogP contribution >= 0.6 is 34.3 Å². The first-order valence-corrected chi connectivity index (χ1v) is 8.65. The van der Waals surface area contributed by atoms with E-state index in [-0.39, 0.29) is 11.9 Å². The van der Waals surface area contributed by atoms with Crippen molar-refractivity contribution in [3.05, 3.63) is 51.7 Å². The van der Waals surface area contributed by atoms with E-state index in [2.05, 4.69) is 15.5 Å². The van der Waals surface area contributed by atoms with Gasteiger partial charge in [0.1, 0.15) is 4.88 Å². The van der Waals surface area contributed by atoms with Gasteiger partial charge in [-0.25, -0.2) is 0 Å². The molecule has 0 radical (unpaired) electrons. The highest BCUT2D eigenvalue weighted by Gasteiger charge is 2.19. The van der Waals surface area contributed by atoms with Crippen LogP contribution < -0.4 is 5.32 Å². The van der Waals surface area contributed by atoms with E-state index >= 15 is 0 Å². The molecule has 0 saturated heterocycles. The lowest BCUT2D eigenvalue weighted by Gasteiger charge is -1.97. The molecule has 0 atom stereocenters. The van der Waals surface area contributed by atoms with Gasteiger partial charge in [-0.1, -0.05) is 41.0 Å².